The lowest BCUT2D eigenvalue weighted by Gasteiger charge is -2.01. The van der Waals surface area contributed by atoms with Crippen LogP contribution in [0.5, 0.6) is 0 Å². The highest BCUT2D eigenvalue weighted by Crippen LogP contribution is 2.22. The molecule has 2 rings (SSSR count). The molecular formula is C14H10N4O2. The number of esters is 1. The molecule has 0 aliphatic heterocycles. The predicted molar refractivity (Wildman–Crippen MR) is 72.6 cm³/mol. The lowest BCUT2D eigenvalue weighted by Crippen LogP contribution is -1.99. The van der Waals surface area contributed by atoms with E-state index in [2.05, 4.69) is 15.0 Å². The number of methoxy groups -OCH3 is 1. The largest absolute Gasteiger partial charge is 0.465 e. The lowest BCUT2D eigenvalue weighted by molar-refractivity contribution is 0.0603. The van der Waals surface area contributed by atoms with Gasteiger partial charge in [-0.05, 0) is 18.2 Å². The van der Waals surface area contributed by atoms with Crippen LogP contribution >= 0.6 is 0 Å². The quantitative estimate of drug-likeness (QED) is 0.655. The average Bonchev–Trinajstić information content (AvgIpc) is 2.90. The topological polar surface area (TPSA) is 102 Å². The second-order valence-electron chi connectivity index (χ2n) is 3.88. The van der Waals surface area contributed by atoms with Gasteiger partial charge in [0.2, 0.25) is 0 Å². The summed E-state index contributed by atoms with van der Waals surface area (Å²) in [5, 5.41) is 20.8. The Balaban J connectivity index is 2.33. The minimum absolute atomic E-state index is 0.0215. The van der Waals surface area contributed by atoms with Crippen molar-refractivity contribution in [1.82, 2.24) is 4.98 Å². The molecule has 0 atom stereocenters. The Kier molecular flexibility index (Phi) is 3.69. The maximum absolute atomic E-state index is 11.5. The number of benzene rings is 1. The summed E-state index contributed by atoms with van der Waals surface area (Å²) in [5.41, 5.74) is 1.88. The summed E-state index contributed by atoms with van der Waals surface area (Å²) < 4.78 is 4.68. The fourth-order valence-corrected chi connectivity index (χ4v) is 1.74. The second kappa shape index (κ2) is 5.59. The zero-order valence-corrected chi connectivity index (χ0v) is 10.6. The maximum atomic E-state index is 11.5. The van der Waals surface area contributed by atoms with Gasteiger partial charge in [0.1, 0.15) is 17.7 Å². The van der Waals surface area contributed by atoms with E-state index >= 15 is 0 Å². The zero-order valence-electron chi connectivity index (χ0n) is 10.6. The number of aromatic nitrogens is 1. The fraction of sp³-hybridized carbons (Fsp3) is 0.0714. The molecule has 0 saturated carbocycles. The van der Waals surface area contributed by atoms with E-state index in [1.807, 2.05) is 0 Å². The minimum Gasteiger partial charge on any atom is -0.465 e. The molecule has 0 aliphatic rings. The normalized spacial score (nSPS) is 9.35. The number of anilines is 1. The third kappa shape index (κ3) is 2.45. The number of hydrogen-bond donors (Lipinski definition) is 2. The molecule has 1 heterocycles. The molecule has 0 aliphatic carbocycles. The monoisotopic (exact) mass is 266 g/mol. The van der Waals surface area contributed by atoms with Crippen molar-refractivity contribution in [3.05, 3.63) is 41.7 Å². The van der Waals surface area contributed by atoms with Crippen LogP contribution in [0, 0.1) is 22.7 Å². The van der Waals surface area contributed by atoms with Gasteiger partial charge in [0.15, 0.2) is 0 Å². The van der Waals surface area contributed by atoms with Gasteiger partial charge in [-0.2, -0.15) is 10.5 Å². The Morgan fingerprint density at radius 1 is 1.40 bits per heavy atom. The van der Waals surface area contributed by atoms with E-state index in [1.165, 1.54) is 13.3 Å². The lowest BCUT2D eigenvalue weighted by atomic mass is 10.1. The highest BCUT2D eigenvalue weighted by atomic mass is 16.5. The van der Waals surface area contributed by atoms with E-state index in [0.717, 1.165) is 10.9 Å². The standard InChI is InChI=1S/C14H10N4O2/c1-20-14(19)12-8-18-13-4-10(2-3-11(12)13)17-7-9(5-15)6-16/h2-4,7-8,17-18H,1H3. The Hall–Kier alpha value is -3.25. The molecule has 0 unspecified atom stereocenters. The Labute approximate surface area is 114 Å². The van der Waals surface area contributed by atoms with Gasteiger partial charge in [-0.3, -0.25) is 0 Å². The van der Waals surface area contributed by atoms with Crippen molar-refractivity contribution in [2.75, 3.05) is 12.4 Å². The predicted octanol–water partition coefficient (Wildman–Crippen LogP) is 2.30. The fourth-order valence-electron chi connectivity index (χ4n) is 1.74. The molecule has 2 N–H and O–H groups in total. The molecule has 0 saturated heterocycles. The van der Waals surface area contributed by atoms with Crippen LogP contribution in [0.4, 0.5) is 5.69 Å². The molecule has 0 fully saturated rings. The first kappa shape index (κ1) is 13.2. The molecule has 0 bridgehead atoms. The van der Waals surface area contributed by atoms with E-state index in [0.29, 0.717) is 11.3 Å². The summed E-state index contributed by atoms with van der Waals surface area (Å²) in [6.07, 6.45) is 2.90. The summed E-state index contributed by atoms with van der Waals surface area (Å²) in [5.74, 6) is -0.409. The first-order chi connectivity index (χ1) is 9.69. The van der Waals surface area contributed by atoms with Crippen LogP contribution < -0.4 is 5.32 Å². The Morgan fingerprint density at radius 2 is 2.15 bits per heavy atom. The number of nitriles is 2. The molecule has 2 aromatic rings. The molecule has 6 heteroatoms. The van der Waals surface area contributed by atoms with E-state index < -0.39 is 5.97 Å². The van der Waals surface area contributed by atoms with Crippen molar-refractivity contribution in [2.45, 2.75) is 0 Å². The van der Waals surface area contributed by atoms with Crippen molar-refractivity contribution in [2.24, 2.45) is 0 Å². The third-order valence-corrected chi connectivity index (χ3v) is 2.71. The van der Waals surface area contributed by atoms with Gasteiger partial charge in [-0.15, -0.1) is 0 Å². The van der Waals surface area contributed by atoms with Crippen LogP contribution in [0.25, 0.3) is 10.9 Å². The Morgan fingerprint density at radius 3 is 2.80 bits per heavy atom. The van der Waals surface area contributed by atoms with Crippen LogP contribution in [-0.2, 0) is 4.74 Å². The zero-order chi connectivity index (χ0) is 14.5. The molecular weight excluding hydrogens is 256 g/mol. The van der Waals surface area contributed by atoms with Crippen molar-refractivity contribution in [3.8, 4) is 12.1 Å². The number of aromatic amines is 1. The Bertz CT molecular complexity index is 759. The summed E-state index contributed by atoms with van der Waals surface area (Å²) >= 11 is 0. The number of carbonyl (C=O) groups is 1. The highest BCUT2D eigenvalue weighted by molar-refractivity contribution is 6.04. The van der Waals surface area contributed by atoms with Crippen molar-refractivity contribution < 1.29 is 9.53 Å². The number of ether oxygens (including phenoxy) is 1. The number of allylic oxidation sites excluding steroid dienone is 1. The van der Waals surface area contributed by atoms with Crippen LogP contribution in [-0.4, -0.2) is 18.1 Å². The van der Waals surface area contributed by atoms with Gasteiger partial charge in [0.05, 0.1) is 12.7 Å². The van der Waals surface area contributed by atoms with Gasteiger partial charge in [0.25, 0.3) is 0 Å². The van der Waals surface area contributed by atoms with Gasteiger partial charge in [0, 0.05) is 29.0 Å². The van der Waals surface area contributed by atoms with Gasteiger partial charge >= 0.3 is 5.97 Å². The van der Waals surface area contributed by atoms with E-state index in [-0.39, 0.29) is 5.57 Å². The summed E-state index contributed by atoms with van der Waals surface area (Å²) in [6, 6.07) is 8.78. The van der Waals surface area contributed by atoms with Gasteiger partial charge < -0.3 is 15.0 Å². The average molecular weight is 266 g/mol. The van der Waals surface area contributed by atoms with Crippen molar-refractivity contribution >= 4 is 22.6 Å². The number of nitrogens with zero attached hydrogens (tertiary/aromatic N) is 2. The molecule has 0 spiro atoms. The number of hydrogen-bond acceptors (Lipinski definition) is 5. The smallest absolute Gasteiger partial charge is 0.340 e. The van der Waals surface area contributed by atoms with Gasteiger partial charge in [-0.1, -0.05) is 0 Å². The third-order valence-electron chi connectivity index (χ3n) is 2.71. The van der Waals surface area contributed by atoms with Crippen LogP contribution in [0.1, 0.15) is 10.4 Å². The second-order valence-corrected chi connectivity index (χ2v) is 3.88. The summed E-state index contributed by atoms with van der Waals surface area (Å²) in [4.78, 5) is 14.5. The number of carbonyl (C=O) groups excluding carboxylic acids is 1. The maximum Gasteiger partial charge on any atom is 0.340 e. The minimum atomic E-state index is -0.409. The number of rotatable bonds is 3. The molecule has 98 valence electrons. The molecule has 0 radical (unpaired) electrons. The molecule has 1 aromatic carbocycles. The highest BCUT2D eigenvalue weighted by Gasteiger charge is 2.11. The van der Waals surface area contributed by atoms with Crippen LogP contribution in [0.3, 0.4) is 0 Å². The van der Waals surface area contributed by atoms with Crippen LogP contribution in [0.15, 0.2) is 36.2 Å². The van der Waals surface area contributed by atoms with E-state index in [4.69, 9.17) is 10.5 Å². The van der Waals surface area contributed by atoms with Crippen molar-refractivity contribution in [3.63, 3.8) is 0 Å². The first-order valence-electron chi connectivity index (χ1n) is 5.66. The van der Waals surface area contributed by atoms with E-state index in [9.17, 15) is 4.79 Å². The number of H-pyrrole nitrogens is 1. The van der Waals surface area contributed by atoms with Crippen molar-refractivity contribution in [1.29, 1.82) is 10.5 Å². The molecule has 1 aromatic heterocycles. The van der Waals surface area contributed by atoms with Gasteiger partial charge in [-0.25, -0.2) is 4.79 Å². The first-order valence-corrected chi connectivity index (χ1v) is 5.66. The molecule has 6 nitrogen and oxygen atoms in total. The number of nitrogens with one attached hydrogen (secondary N) is 2. The molecule has 0 amide bonds. The number of fused-ring (bicyclic) bond motifs is 1. The van der Waals surface area contributed by atoms with Crippen LogP contribution in [0.2, 0.25) is 0 Å². The van der Waals surface area contributed by atoms with E-state index in [1.54, 1.807) is 36.5 Å². The summed E-state index contributed by atoms with van der Waals surface area (Å²) in [6.45, 7) is 0. The molecule has 20 heavy (non-hydrogen) atoms. The SMILES string of the molecule is COC(=O)c1c[nH]c2cc(NC=C(C#N)C#N)ccc12. The summed E-state index contributed by atoms with van der Waals surface area (Å²) in [7, 11) is 1.33.